The van der Waals surface area contributed by atoms with Gasteiger partial charge in [-0.3, -0.25) is 13.8 Å². The number of amides is 1. The fourth-order valence-electron chi connectivity index (χ4n) is 7.73. The standard InChI is InChI=1S/C59H107N2O6P/c1-6-8-10-12-14-16-18-20-22-24-25-26-27-28-29-30-31-32-33-34-35-37-39-41-43-45-47-49-51-53-59(63)60-57(56-67-68(64,65)66-55-54-61(3,4)5)58(62)52-50-48-46-44-42-40-38-36-23-21-19-17-15-13-11-9-7-2/h8,10,14,16,20,22,25-26,28-29,42,44,50,52,57-58,62H,6-7,9,11-13,15,17-19,21,23-24,27,30-41,43,45-49,51,53-56H2,1-5H3,(H-,60,63,64,65)/p+1/b10-8-,16-14-,22-20-,26-25-,29-28-,44-42+,52-50+. The predicted molar refractivity (Wildman–Crippen MR) is 295 cm³/mol. The highest BCUT2D eigenvalue weighted by molar-refractivity contribution is 7.47. The van der Waals surface area contributed by atoms with Crippen molar-refractivity contribution in [2.75, 3.05) is 40.9 Å². The number of phosphoric acid groups is 1. The number of nitrogens with zero attached hydrogens (tertiary/aromatic N) is 1. The molecular formula is C59H108N2O6P+. The Labute approximate surface area is 420 Å². The zero-order valence-corrected chi connectivity index (χ0v) is 45.7. The topological polar surface area (TPSA) is 105 Å². The number of nitrogens with one attached hydrogen (secondary N) is 1. The van der Waals surface area contributed by atoms with Crippen LogP contribution < -0.4 is 5.32 Å². The Hall–Kier alpha value is -2.32. The summed E-state index contributed by atoms with van der Waals surface area (Å²) in [6, 6.07) is -0.868. The molecule has 68 heavy (non-hydrogen) atoms. The molecule has 3 N–H and O–H groups in total. The van der Waals surface area contributed by atoms with Gasteiger partial charge in [-0.25, -0.2) is 4.57 Å². The van der Waals surface area contributed by atoms with Gasteiger partial charge in [-0.2, -0.15) is 0 Å². The van der Waals surface area contributed by atoms with Crippen LogP contribution in [0.5, 0.6) is 0 Å². The van der Waals surface area contributed by atoms with E-state index in [9.17, 15) is 19.4 Å². The predicted octanol–water partition coefficient (Wildman–Crippen LogP) is 16.9. The van der Waals surface area contributed by atoms with Crippen molar-refractivity contribution in [3.8, 4) is 0 Å². The van der Waals surface area contributed by atoms with Crippen LogP contribution in [0.2, 0.25) is 0 Å². The van der Waals surface area contributed by atoms with E-state index in [-0.39, 0.29) is 19.1 Å². The van der Waals surface area contributed by atoms with E-state index in [0.717, 1.165) is 70.6 Å². The molecule has 3 atom stereocenters. The molecule has 3 unspecified atom stereocenters. The van der Waals surface area contributed by atoms with Crippen LogP contribution >= 0.6 is 7.82 Å². The maximum absolute atomic E-state index is 13.0. The third-order valence-corrected chi connectivity index (χ3v) is 13.1. The van der Waals surface area contributed by atoms with E-state index in [1.807, 2.05) is 27.2 Å². The first-order chi connectivity index (χ1) is 33.0. The summed E-state index contributed by atoms with van der Waals surface area (Å²) < 4.78 is 23.7. The summed E-state index contributed by atoms with van der Waals surface area (Å²) in [7, 11) is 1.55. The van der Waals surface area contributed by atoms with Gasteiger partial charge in [0, 0.05) is 6.42 Å². The summed E-state index contributed by atoms with van der Waals surface area (Å²) in [5, 5.41) is 13.9. The Bertz CT molecular complexity index is 1380. The fourth-order valence-corrected chi connectivity index (χ4v) is 8.47. The number of carbonyl (C=O) groups excluding carboxylic acids is 1. The molecule has 8 nitrogen and oxygen atoms in total. The minimum Gasteiger partial charge on any atom is -0.387 e. The highest BCUT2D eigenvalue weighted by Gasteiger charge is 2.27. The number of aliphatic hydroxyl groups excluding tert-OH is 1. The van der Waals surface area contributed by atoms with Crippen molar-refractivity contribution < 1.29 is 32.9 Å². The number of phosphoric ester groups is 1. The van der Waals surface area contributed by atoms with Gasteiger partial charge >= 0.3 is 7.82 Å². The number of hydrogen-bond donors (Lipinski definition) is 3. The number of quaternary nitrogens is 1. The van der Waals surface area contributed by atoms with Crippen LogP contribution in [0.1, 0.15) is 232 Å². The summed E-state index contributed by atoms with van der Waals surface area (Å²) in [6.45, 7) is 4.68. The fraction of sp³-hybridized carbons (Fsp3) is 0.746. The molecule has 0 aliphatic carbocycles. The number of unbranched alkanes of at least 4 members (excludes halogenated alkanes) is 25. The lowest BCUT2D eigenvalue weighted by molar-refractivity contribution is -0.870. The summed E-state index contributed by atoms with van der Waals surface area (Å²) >= 11 is 0. The van der Waals surface area contributed by atoms with Crippen LogP contribution in [0.3, 0.4) is 0 Å². The van der Waals surface area contributed by atoms with Crippen molar-refractivity contribution >= 4 is 13.7 Å². The van der Waals surface area contributed by atoms with Gasteiger partial charge in [-0.1, -0.05) is 234 Å². The van der Waals surface area contributed by atoms with Crippen LogP contribution in [0.25, 0.3) is 0 Å². The zero-order chi connectivity index (χ0) is 49.9. The molecule has 9 heteroatoms. The molecular weight excluding hydrogens is 864 g/mol. The van der Waals surface area contributed by atoms with Crippen LogP contribution in [0, 0.1) is 0 Å². The van der Waals surface area contributed by atoms with Crippen LogP contribution in [0.15, 0.2) is 85.1 Å². The molecule has 0 aromatic heterocycles. The second kappa shape index (κ2) is 49.7. The lowest BCUT2D eigenvalue weighted by atomic mass is 10.0. The van der Waals surface area contributed by atoms with Crippen LogP contribution in [-0.4, -0.2) is 73.4 Å². The first-order valence-corrected chi connectivity index (χ1v) is 29.5. The highest BCUT2D eigenvalue weighted by atomic mass is 31.2. The summed E-state index contributed by atoms with van der Waals surface area (Å²) in [5.41, 5.74) is 0. The van der Waals surface area contributed by atoms with Gasteiger partial charge in [0.05, 0.1) is 39.9 Å². The van der Waals surface area contributed by atoms with Gasteiger partial charge < -0.3 is 19.8 Å². The molecule has 1 amide bonds. The minimum absolute atomic E-state index is 0.0530. The lowest BCUT2D eigenvalue weighted by Gasteiger charge is -2.25. The van der Waals surface area contributed by atoms with E-state index in [0.29, 0.717) is 17.4 Å². The van der Waals surface area contributed by atoms with E-state index in [4.69, 9.17) is 9.05 Å². The molecule has 0 radical (unpaired) electrons. The van der Waals surface area contributed by atoms with Gasteiger partial charge in [0.15, 0.2) is 0 Å². The lowest BCUT2D eigenvalue weighted by Crippen LogP contribution is -2.45. The summed E-state index contributed by atoms with van der Waals surface area (Å²) in [6.07, 6.45) is 69.6. The Kier molecular flexibility index (Phi) is 48.0. The molecule has 0 aromatic carbocycles. The Morgan fingerprint density at radius 3 is 1.35 bits per heavy atom. The van der Waals surface area contributed by atoms with Crippen molar-refractivity contribution in [3.63, 3.8) is 0 Å². The number of aliphatic hydroxyl groups is 1. The summed E-state index contributed by atoms with van der Waals surface area (Å²) in [5.74, 6) is -0.190. The second-order valence-corrected chi connectivity index (χ2v) is 21.4. The number of hydrogen-bond acceptors (Lipinski definition) is 5. The van der Waals surface area contributed by atoms with Crippen molar-refractivity contribution in [3.05, 3.63) is 85.1 Å². The van der Waals surface area contributed by atoms with Gasteiger partial charge in [-0.15, -0.1) is 0 Å². The van der Waals surface area contributed by atoms with E-state index in [2.05, 4.69) is 92.1 Å². The van der Waals surface area contributed by atoms with Crippen LogP contribution in [-0.2, 0) is 18.4 Å². The monoisotopic (exact) mass is 972 g/mol. The van der Waals surface area contributed by atoms with Crippen LogP contribution in [0.4, 0.5) is 0 Å². The van der Waals surface area contributed by atoms with Crippen molar-refractivity contribution in [1.29, 1.82) is 0 Å². The second-order valence-electron chi connectivity index (χ2n) is 19.9. The average molecular weight is 972 g/mol. The number of likely N-dealkylation sites (N-methyl/N-ethyl adjacent to an activating group) is 1. The van der Waals surface area contributed by atoms with Gasteiger partial charge in [0.25, 0.3) is 0 Å². The van der Waals surface area contributed by atoms with Crippen molar-refractivity contribution in [1.82, 2.24) is 5.32 Å². The van der Waals surface area contributed by atoms with Crippen molar-refractivity contribution in [2.24, 2.45) is 0 Å². The summed E-state index contributed by atoms with van der Waals surface area (Å²) in [4.78, 5) is 23.3. The van der Waals surface area contributed by atoms with E-state index in [1.54, 1.807) is 6.08 Å². The normalized spacial score (nSPS) is 14.6. The molecule has 0 rings (SSSR count). The Morgan fingerprint density at radius 2 is 0.897 bits per heavy atom. The molecule has 0 saturated heterocycles. The zero-order valence-electron chi connectivity index (χ0n) is 44.8. The molecule has 0 saturated carbocycles. The van der Waals surface area contributed by atoms with Crippen molar-refractivity contribution in [2.45, 2.75) is 244 Å². The van der Waals surface area contributed by atoms with Gasteiger partial charge in [0.2, 0.25) is 5.91 Å². The maximum atomic E-state index is 13.0. The SMILES string of the molecule is CC/C=C\C/C=C\C/C=C\C/C=C\C/C=C\CCCCCCCCCCCCCCCC(=O)NC(COP(=O)(O)OCC[N+](C)(C)C)C(O)/C=C/CC/C=C/CCCCCCCCCCCCC. The van der Waals surface area contributed by atoms with Gasteiger partial charge in [-0.05, 0) is 77.0 Å². The van der Waals surface area contributed by atoms with E-state index < -0.39 is 20.0 Å². The molecule has 0 heterocycles. The smallest absolute Gasteiger partial charge is 0.387 e. The third kappa shape index (κ3) is 51.5. The van der Waals surface area contributed by atoms with Gasteiger partial charge in [0.1, 0.15) is 13.2 Å². The molecule has 0 spiro atoms. The number of allylic oxidation sites excluding steroid dienone is 13. The molecule has 0 fully saturated rings. The van der Waals surface area contributed by atoms with E-state index >= 15 is 0 Å². The quantitative estimate of drug-likeness (QED) is 0.0243. The Balaban J connectivity index is 4.22. The van der Waals surface area contributed by atoms with E-state index in [1.165, 1.54) is 141 Å². The Morgan fingerprint density at radius 1 is 0.515 bits per heavy atom. The largest absolute Gasteiger partial charge is 0.472 e. The molecule has 0 aromatic rings. The first-order valence-electron chi connectivity index (χ1n) is 28.0. The first kappa shape index (κ1) is 65.7. The number of rotatable bonds is 50. The molecule has 0 aliphatic heterocycles. The maximum Gasteiger partial charge on any atom is 0.472 e. The molecule has 0 aliphatic rings. The third-order valence-electron chi connectivity index (χ3n) is 12.1. The number of carbonyl (C=O) groups is 1. The molecule has 0 bridgehead atoms. The average Bonchev–Trinajstić information content (AvgIpc) is 3.30. The minimum atomic E-state index is -4.36. The highest BCUT2D eigenvalue weighted by Crippen LogP contribution is 2.43. The molecule has 394 valence electrons.